The van der Waals surface area contributed by atoms with E-state index in [2.05, 4.69) is 6.58 Å². The molecule has 0 unspecified atom stereocenters. The summed E-state index contributed by atoms with van der Waals surface area (Å²) in [5, 5.41) is 0.661. The average molecular weight is 360 g/mol. The lowest BCUT2D eigenvalue weighted by atomic mass is 10.1. The molecule has 0 spiro atoms. The number of thioether (sulfide) groups is 1. The van der Waals surface area contributed by atoms with Crippen molar-refractivity contribution in [3.63, 3.8) is 0 Å². The average Bonchev–Trinajstić information content (AvgIpc) is 2.68. The van der Waals surface area contributed by atoms with Crippen molar-refractivity contribution >= 4 is 17.8 Å². The van der Waals surface area contributed by atoms with E-state index in [0.717, 1.165) is 16.8 Å². The van der Waals surface area contributed by atoms with Gasteiger partial charge in [0.25, 0.3) is 5.56 Å². The minimum Gasteiger partial charge on any atom is -0.268 e. The largest absolute Gasteiger partial charge is 0.268 e. The summed E-state index contributed by atoms with van der Waals surface area (Å²) in [6.45, 7) is 5.74. The van der Waals surface area contributed by atoms with Crippen LogP contribution in [0.4, 0.5) is 0 Å². The topological polar surface area (TPSA) is 34.9 Å². The molecule has 0 amide bonds. The molecule has 3 nitrogen and oxygen atoms in total. The highest BCUT2D eigenvalue weighted by molar-refractivity contribution is 7.98. The molecule has 0 radical (unpaired) electrons. The second kappa shape index (κ2) is 8.02. The van der Waals surface area contributed by atoms with Crippen molar-refractivity contribution in [1.82, 2.24) is 9.55 Å². The minimum atomic E-state index is -0.0924. The van der Waals surface area contributed by atoms with Gasteiger partial charge in [0.2, 0.25) is 0 Å². The van der Waals surface area contributed by atoms with Crippen LogP contribution in [0.3, 0.4) is 0 Å². The molecule has 130 valence electrons. The summed E-state index contributed by atoms with van der Waals surface area (Å²) < 4.78 is 1.67. The molecule has 1 heterocycles. The molecule has 1 aromatic heterocycles. The molecular weight excluding hydrogens is 340 g/mol. The molecular formula is C22H20N2OS. The summed E-state index contributed by atoms with van der Waals surface area (Å²) in [6.07, 6.45) is 7.13. The van der Waals surface area contributed by atoms with E-state index < -0.39 is 0 Å². The number of rotatable bonds is 5. The van der Waals surface area contributed by atoms with Crippen LogP contribution in [0.2, 0.25) is 0 Å². The number of nitrogens with zero attached hydrogens (tertiary/aromatic N) is 2. The normalized spacial score (nSPS) is 11.0. The highest BCUT2D eigenvalue weighted by atomic mass is 32.2. The second-order valence-corrected chi connectivity index (χ2v) is 6.57. The Bertz CT molecular complexity index is 1000. The van der Waals surface area contributed by atoms with Gasteiger partial charge in [-0.3, -0.25) is 9.36 Å². The van der Waals surface area contributed by atoms with Gasteiger partial charge in [0.05, 0.1) is 16.9 Å². The van der Waals surface area contributed by atoms with E-state index in [-0.39, 0.29) is 5.56 Å². The summed E-state index contributed by atoms with van der Waals surface area (Å²) >= 11 is 1.46. The van der Waals surface area contributed by atoms with Crippen LogP contribution in [0.25, 0.3) is 23.0 Å². The van der Waals surface area contributed by atoms with Crippen molar-refractivity contribution < 1.29 is 0 Å². The molecule has 0 N–H and O–H groups in total. The van der Waals surface area contributed by atoms with Gasteiger partial charge >= 0.3 is 0 Å². The molecule has 26 heavy (non-hydrogen) atoms. The summed E-state index contributed by atoms with van der Waals surface area (Å²) in [7, 11) is 0. The molecule has 0 saturated carbocycles. The van der Waals surface area contributed by atoms with Crippen molar-refractivity contribution in [3.8, 4) is 16.9 Å². The zero-order valence-electron chi connectivity index (χ0n) is 14.8. The Morgan fingerprint density at radius 2 is 1.77 bits per heavy atom. The molecule has 0 bridgehead atoms. The van der Waals surface area contributed by atoms with Crippen molar-refractivity contribution in [3.05, 3.63) is 94.8 Å². The van der Waals surface area contributed by atoms with Crippen molar-refractivity contribution in [1.29, 1.82) is 0 Å². The summed E-state index contributed by atoms with van der Waals surface area (Å²) in [5.41, 5.74) is 4.01. The Kier molecular flexibility index (Phi) is 5.54. The fourth-order valence-electron chi connectivity index (χ4n) is 2.70. The highest BCUT2D eigenvalue weighted by Gasteiger charge is 2.17. The standard InChI is InChI=1S/C22H20N2OS/c1-4-5-11-19-20(17-9-7-6-8-10-17)23-22(26-3)24(21(19)25)18-14-12-16(2)13-15-18/h4-15H,1H2,2-3H3/b11-5+. The predicted molar refractivity (Wildman–Crippen MR) is 111 cm³/mol. The van der Waals surface area contributed by atoms with Gasteiger partial charge in [-0.25, -0.2) is 4.98 Å². The third kappa shape index (κ3) is 3.55. The Hall–Kier alpha value is -2.85. The molecule has 0 fully saturated rings. The van der Waals surface area contributed by atoms with Gasteiger partial charge in [0.15, 0.2) is 5.16 Å². The number of hydrogen-bond donors (Lipinski definition) is 0. The fourth-order valence-corrected chi connectivity index (χ4v) is 3.26. The third-order valence-electron chi connectivity index (χ3n) is 4.01. The van der Waals surface area contributed by atoms with Gasteiger partial charge in [-0.2, -0.15) is 0 Å². The maximum absolute atomic E-state index is 13.4. The van der Waals surface area contributed by atoms with Gasteiger partial charge in [-0.15, -0.1) is 0 Å². The SMILES string of the molecule is C=C/C=C/c1c(-c2ccccc2)nc(SC)n(-c2ccc(C)cc2)c1=O. The third-order valence-corrected chi connectivity index (χ3v) is 4.65. The summed E-state index contributed by atoms with van der Waals surface area (Å²) in [5.74, 6) is 0. The Morgan fingerprint density at radius 1 is 1.08 bits per heavy atom. The molecule has 0 aliphatic rings. The number of allylic oxidation sites excluding steroid dienone is 2. The first-order valence-corrected chi connectivity index (χ1v) is 9.50. The number of aromatic nitrogens is 2. The van der Waals surface area contributed by atoms with Gasteiger partial charge in [-0.05, 0) is 31.4 Å². The lowest BCUT2D eigenvalue weighted by Gasteiger charge is -2.15. The van der Waals surface area contributed by atoms with Crippen LogP contribution in [-0.2, 0) is 0 Å². The van der Waals surface area contributed by atoms with Gasteiger partial charge in [-0.1, -0.05) is 78.5 Å². The number of hydrogen-bond acceptors (Lipinski definition) is 3. The molecule has 0 aliphatic heterocycles. The zero-order chi connectivity index (χ0) is 18.5. The Labute approximate surface area is 157 Å². The van der Waals surface area contributed by atoms with E-state index in [1.54, 1.807) is 22.8 Å². The van der Waals surface area contributed by atoms with E-state index in [1.807, 2.05) is 67.8 Å². The fraction of sp³-hybridized carbons (Fsp3) is 0.0909. The lowest BCUT2D eigenvalue weighted by molar-refractivity contribution is 0.798. The van der Waals surface area contributed by atoms with Crippen molar-refractivity contribution in [2.24, 2.45) is 0 Å². The quantitative estimate of drug-likeness (QED) is 0.359. The van der Waals surface area contributed by atoms with Crippen LogP contribution in [0.15, 0.2) is 83.3 Å². The van der Waals surface area contributed by atoms with Crippen LogP contribution in [-0.4, -0.2) is 15.8 Å². The Balaban J connectivity index is 2.33. The van der Waals surface area contributed by atoms with Gasteiger partial charge in [0, 0.05) is 5.56 Å². The smallest absolute Gasteiger partial charge is 0.266 e. The highest BCUT2D eigenvalue weighted by Crippen LogP contribution is 2.25. The van der Waals surface area contributed by atoms with Crippen LogP contribution in [0.1, 0.15) is 11.1 Å². The molecule has 4 heteroatoms. The molecule has 0 saturated heterocycles. The molecule has 3 rings (SSSR count). The Morgan fingerprint density at radius 3 is 2.38 bits per heavy atom. The summed E-state index contributed by atoms with van der Waals surface area (Å²) in [6, 6.07) is 17.7. The first kappa shape index (κ1) is 18.0. The van der Waals surface area contributed by atoms with E-state index in [4.69, 9.17) is 4.98 Å². The van der Waals surface area contributed by atoms with Gasteiger partial charge < -0.3 is 0 Å². The summed E-state index contributed by atoms with van der Waals surface area (Å²) in [4.78, 5) is 18.2. The minimum absolute atomic E-state index is 0.0924. The van der Waals surface area contributed by atoms with Crippen LogP contribution >= 0.6 is 11.8 Å². The first-order valence-electron chi connectivity index (χ1n) is 8.28. The van der Waals surface area contributed by atoms with E-state index in [9.17, 15) is 4.79 Å². The molecule has 0 atom stereocenters. The number of benzene rings is 2. The first-order chi connectivity index (χ1) is 12.7. The zero-order valence-corrected chi connectivity index (χ0v) is 15.7. The van der Waals surface area contributed by atoms with Gasteiger partial charge in [0.1, 0.15) is 0 Å². The maximum atomic E-state index is 13.4. The second-order valence-electron chi connectivity index (χ2n) is 5.80. The number of aryl methyl sites for hydroxylation is 1. The monoisotopic (exact) mass is 360 g/mol. The maximum Gasteiger partial charge on any atom is 0.266 e. The molecule has 2 aromatic carbocycles. The van der Waals surface area contributed by atoms with E-state index >= 15 is 0 Å². The predicted octanol–water partition coefficient (Wildman–Crippen LogP) is 5.13. The van der Waals surface area contributed by atoms with Crippen LogP contribution in [0.5, 0.6) is 0 Å². The lowest BCUT2D eigenvalue weighted by Crippen LogP contribution is -2.24. The van der Waals surface area contributed by atoms with Crippen LogP contribution in [0, 0.1) is 6.92 Å². The molecule has 0 aliphatic carbocycles. The van der Waals surface area contributed by atoms with Crippen LogP contribution < -0.4 is 5.56 Å². The van der Waals surface area contributed by atoms with E-state index in [0.29, 0.717) is 16.4 Å². The van der Waals surface area contributed by atoms with E-state index in [1.165, 1.54) is 11.8 Å². The molecule has 3 aromatic rings. The van der Waals surface area contributed by atoms with Crippen molar-refractivity contribution in [2.75, 3.05) is 6.26 Å². The van der Waals surface area contributed by atoms with Crippen molar-refractivity contribution in [2.45, 2.75) is 12.1 Å².